The molecule has 0 aliphatic carbocycles. The molecule has 0 atom stereocenters. The van der Waals surface area contributed by atoms with Gasteiger partial charge in [0.25, 0.3) is 0 Å². The number of carbonyl (C=O) groups excluding carboxylic acids is 1. The average molecular weight is 621 g/mol. The minimum atomic E-state index is -0.167. The molecule has 0 aliphatic rings. The number of phenols is 2. The van der Waals surface area contributed by atoms with Crippen molar-refractivity contribution in [2.45, 2.75) is 151 Å². The second-order valence-electron chi connectivity index (χ2n) is 14.2. The molecule has 0 saturated heterocycles. The Hall–Kier alpha value is -3.01. The van der Waals surface area contributed by atoms with Gasteiger partial charge in [-0.05, 0) is 89.7 Å². The Labute approximate surface area is 276 Å². The smallest absolute Gasteiger partial charge is 0.302 e. The van der Waals surface area contributed by atoms with Crippen LogP contribution in [0.4, 0.5) is 0 Å². The summed E-state index contributed by atoms with van der Waals surface area (Å²) in [4.78, 5) is 10.5. The van der Waals surface area contributed by atoms with Crippen LogP contribution in [-0.4, -0.2) is 22.8 Å². The van der Waals surface area contributed by atoms with E-state index in [-0.39, 0.29) is 16.8 Å². The van der Waals surface area contributed by atoms with E-state index in [1.165, 1.54) is 56.6 Å². The maximum Gasteiger partial charge on any atom is 0.302 e. The van der Waals surface area contributed by atoms with Gasteiger partial charge in [-0.15, -0.1) is 0 Å². The van der Waals surface area contributed by atoms with Gasteiger partial charge in [0.15, 0.2) is 0 Å². The molecule has 2 N–H and O–H groups in total. The number of hydrogen-bond acceptors (Lipinski definition) is 4. The van der Waals surface area contributed by atoms with Crippen molar-refractivity contribution in [2.24, 2.45) is 0 Å². The maximum absolute atomic E-state index is 11.0. The van der Waals surface area contributed by atoms with Crippen molar-refractivity contribution in [2.75, 3.05) is 6.61 Å². The van der Waals surface area contributed by atoms with Crippen molar-refractivity contribution in [3.05, 3.63) is 82.0 Å². The monoisotopic (exact) mass is 620 g/mol. The van der Waals surface area contributed by atoms with Gasteiger partial charge in [0.2, 0.25) is 0 Å². The highest BCUT2D eigenvalue weighted by molar-refractivity contribution is 5.65. The highest BCUT2D eigenvalue weighted by Gasteiger charge is 2.24. The van der Waals surface area contributed by atoms with Crippen LogP contribution in [0.25, 0.3) is 0 Å². The molecule has 2 aromatic carbocycles. The minimum Gasteiger partial charge on any atom is -0.507 e. The number of phenolic OH excluding ortho intramolecular Hbond substituents is 2. The molecule has 0 spiro atoms. The zero-order valence-corrected chi connectivity index (χ0v) is 30.3. The van der Waals surface area contributed by atoms with E-state index in [2.05, 4.69) is 111 Å². The highest BCUT2D eigenvalue weighted by atomic mass is 16.5. The van der Waals surface area contributed by atoms with Crippen LogP contribution in [0.2, 0.25) is 0 Å². The summed E-state index contributed by atoms with van der Waals surface area (Å²) in [5.74, 6) is 0.552. The minimum absolute atomic E-state index is 0.131. The molecular weight excluding hydrogens is 556 g/mol. The third-order valence-corrected chi connectivity index (χ3v) is 8.06. The van der Waals surface area contributed by atoms with Crippen molar-refractivity contribution in [3.63, 3.8) is 0 Å². The first-order valence-corrected chi connectivity index (χ1v) is 17.3. The van der Waals surface area contributed by atoms with Gasteiger partial charge in [-0.25, -0.2) is 0 Å². The van der Waals surface area contributed by atoms with Crippen LogP contribution in [0.5, 0.6) is 11.5 Å². The van der Waals surface area contributed by atoms with Gasteiger partial charge in [0, 0.05) is 13.3 Å². The summed E-state index contributed by atoms with van der Waals surface area (Å²) >= 11 is 0. The standard InChI is InChI=1S/C25H36O2.C16H28O2/c1-9-16-11-18(22(26)20(13-16)24(3,4)5)15-19-12-17(10-2)14-21(23(19)27)25(6,7)8;1-3-4-5-6-7-8-9-10-11-12-13-14-15-18-16(2)17/h11-14,26-27H,9-10,15H2,1-8H3;3-4,6-7H,5,8-15H2,1-2H3. The lowest BCUT2D eigenvalue weighted by atomic mass is 9.81. The number of rotatable bonds is 15. The van der Waals surface area contributed by atoms with E-state index in [4.69, 9.17) is 4.74 Å². The molecule has 45 heavy (non-hydrogen) atoms. The van der Waals surface area contributed by atoms with Gasteiger partial charge in [0.1, 0.15) is 11.5 Å². The summed E-state index contributed by atoms with van der Waals surface area (Å²) in [5, 5.41) is 21.9. The molecule has 0 aliphatic heterocycles. The highest BCUT2D eigenvalue weighted by Crippen LogP contribution is 2.39. The molecule has 4 heteroatoms. The lowest BCUT2D eigenvalue weighted by molar-refractivity contribution is -0.141. The fourth-order valence-electron chi connectivity index (χ4n) is 5.26. The van der Waals surface area contributed by atoms with E-state index in [9.17, 15) is 15.0 Å². The van der Waals surface area contributed by atoms with Crippen molar-refractivity contribution < 1.29 is 19.7 Å². The van der Waals surface area contributed by atoms with Crippen LogP contribution in [-0.2, 0) is 39.6 Å². The predicted octanol–water partition coefficient (Wildman–Crippen LogP) is 11.2. The first kappa shape index (κ1) is 40.0. The van der Waals surface area contributed by atoms with Crippen LogP contribution >= 0.6 is 0 Å². The molecule has 0 aromatic heterocycles. The number of aryl methyl sites for hydroxylation is 2. The quantitative estimate of drug-likeness (QED) is 0.118. The van der Waals surface area contributed by atoms with E-state index in [0.717, 1.165) is 47.9 Å². The first-order chi connectivity index (χ1) is 21.1. The maximum atomic E-state index is 11.0. The number of hydrogen-bond donors (Lipinski definition) is 2. The molecule has 2 rings (SSSR count). The Balaban J connectivity index is 0.000000492. The molecule has 0 fully saturated rings. The van der Waals surface area contributed by atoms with Gasteiger partial charge in [-0.1, -0.05) is 130 Å². The average Bonchev–Trinajstić information content (AvgIpc) is 2.96. The fourth-order valence-corrected chi connectivity index (χ4v) is 5.26. The van der Waals surface area contributed by atoms with Crippen LogP contribution < -0.4 is 0 Å². The molecule has 4 nitrogen and oxygen atoms in total. The second-order valence-corrected chi connectivity index (χ2v) is 14.2. The number of esters is 1. The van der Waals surface area contributed by atoms with Crippen molar-refractivity contribution in [3.8, 4) is 11.5 Å². The first-order valence-electron chi connectivity index (χ1n) is 17.3. The van der Waals surface area contributed by atoms with E-state index in [1.807, 2.05) is 0 Å². The lowest BCUT2D eigenvalue weighted by Crippen LogP contribution is -2.14. The van der Waals surface area contributed by atoms with Crippen LogP contribution in [0.15, 0.2) is 48.6 Å². The largest absolute Gasteiger partial charge is 0.507 e. The summed E-state index contributed by atoms with van der Waals surface area (Å²) in [7, 11) is 0. The summed E-state index contributed by atoms with van der Waals surface area (Å²) in [5.41, 5.74) is 5.90. The van der Waals surface area contributed by atoms with Gasteiger partial charge < -0.3 is 14.9 Å². The zero-order valence-electron chi connectivity index (χ0n) is 30.3. The molecule has 0 bridgehead atoms. The summed E-state index contributed by atoms with van der Waals surface area (Å²) in [6, 6.07) is 8.39. The molecule has 0 radical (unpaired) electrons. The number of carbonyl (C=O) groups is 1. The lowest BCUT2D eigenvalue weighted by Gasteiger charge is -2.25. The summed E-state index contributed by atoms with van der Waals surface area (Å²) < 4.78 is 4.88. The molecule has 2 aromatic rings. The van der Waals surface area contributed by atoms with Gasteiger partial charge in [-0.3, -0.25) is 4.79 Å². The number of allylic oxidation sites excluding steroid dienone is 4. The topological polar surface area (TPSA) is 66.8 Å². The van der Waals surface area contributed by atoms with Gasteiger partial charge in [-0.2, -0.15) is 0 Å². The second kappa shape index (κ2) is 20.2. The molecule has 0 amide bonds. The van der Waals surface area contributed by atoms with Crippen LogP contribution in [0.3, 0.4) is 0 Å². The molecule has 252 valence electrons. The number of aromatic hydroxyl groups is 2. The van der Waals surface area contributed by atoms with E-state index < -0.39 is 0 Å². The molecule has 0 unspecified atom stereocenters. The number of unbranched alkanes of at least 4 members (excludes halogenated alkanes) is 6. The van der Waals surface area contributed by atoms with Crippen LogP contribution in [0.1, 0.15) is 154 Å². The molecule has 0 heterocycles. The van der Waals surface area contributed by atoms with Gasteiger partial charge >= 0.3 is 5.97 Å². The van der Waals surface area contributed by atoms with E-state index in [1.54, 1.807) is 0 Å². The third kappa shape index (κ3) is 15.2. The Bertz CT molecular complexity index is 1150. The third-order valence-electron chi connectivity index (χ3n) is 8.06. The van der Waals surface area contributed by atoms with Crippen molar-refractivity contribution in [1.82, 2.24) is 0 Å². The Morgan fingerprint density at radius 1 is 0.711 bits per heavy atom. The Morgan fingerprint density at radius 3 is 1.60 bits per heavy atom. The summed E-state index contributed by atoms with van der Waals surface area (Å²) in [6.45, 7) is 21.1. The number of benzene rings is 2. The van der Waals surface area contributed by atoms with Crippen LogP contribution in [0, 0.1) is 0 Å². The van der Waals surface area contributed by atoms with Crippen molar-refractivity contribution in [1.29, 1.82) is 0 Å². The van der Waals surface area contributed by atoms with Gasteiger partial charge in [0.05, 0.1) is 6.61 Å². The van der Waals surface area contributed by atoms with E-state index >= 15 is 0 Å². The van der Waals surface area contributed by atoms with Crippen molar-refractivity contribution >= 4 is 5.97 Å². The fraction of sp³-hybridized carbons (Fsp3) is 0.585. The van der Waals surface area contributed by atoms with E-state index in [0.29, 0.717) is 24.5 Å². The number of ether oxygens (including phenoxy) is 1. The normalized spacial score (nSPS) is 12.0. The Kier molecular flexibility index (Phi) is 17.9. The predicted molar refractivity (Wildman–Crippen MR) is 193 cm³/mol. The Morgan fingerprint density at radius 2 is 1.18 bits per heavy atom. The SMILES string of the molecule is CC=CCC=CCCCCCCCCOC(C)=O.CCc1cc(Cc2cc(CC)cc(C(C)(C)C)c2O)c(O)c(C(C)(C)C)c1. The summed E-state index contributed by atoms with van der Waals surface area (Å²) in [6.07, 6.45) is 20.7. The molecule has 0 saturated carbocycles. The zero-order chi connectivity index (χ0) is 34.0. The molecular formula is C41H64O4.